The molecule has 106 valence electrons. The second-order valence-electron chi connectivity index (χ2n) is 5.20. The molecule has 0 fully saturated rings. The van der Waals surface area contributed by atoms with Crippen molar-refractivity contribution in [1.82, 2.24) is 14.8 Å². The summed E-state index contributed by atoms with van der Waals surface area (Å²) in [6, 6.07) is 2.33. The van der Waals surface area contributed by atoms with Crippen LogP contribution in [0.1, 0.15) is 45.9 Å². The van der Waals surface area contributed by atoms with E-state index in [1.807, 2.05) is 13.8 Å². The predicted octanol–water partition coefficient (Wildman–Crippen LogP) is 2.57. The van der Waals surface area contributed by atoms with Gasteiger partial charge < -0.3 is 10.3 Å². The lowest BCUT2D eigenvalue weighted by molar-refractivity contribution is 0.447. The Hall–Kier alpha value is -1.06. The van der Waals surface area contributed by atoms with Crippen molar-refractivity contribution in [1.29, 1.82) is 5.26 Å². The van der Waals surface area contributed by atoms with Gasteiger partial charge >= 0.3 is 0 Å². The summed E-state index contributed by atoms with van der Waals surface area (Å²) in [7, 11) is 0. The molecule has 19 heavy (non-hydrogen) atoms. The summed E-state index contributed by atoms with van der Waals surface area (Å²) in [4.78, 5) is 0. The van der Waals surface area contributed by atoms with E-state index in [0.717, 1.165) is 42.5 Å². The van der Waals surface area contributed by atoms with Gasteiger partial charge in [0, 0.05) is 12.3 Å². The summed E-state index contributed by atoms with van der Waals surface area (Å²) in [5.41, 5.74) is 5.42. The number of nitriles is 1. The Balaban J connectivity index is 2.50. The summed E-state index contributed by atoms with van der Waals surface area (Å²) in [5.74, 6) is 1.80. The second kappa shape index (κ2) is 7.51. The molecule has 6 heteroatoms. The lowest BCUT2D eigenvalue weighted by Gasteiger charge is -2.14. The van der Waals surface area contributed by atoms with Gasteiger partial charge in [0.2, 0.25) is 0 Å². The third-order valence-electron chi connectivity index (χ3n) is 2.90. The van der Waals surface area contributed by atoms with Crippen molar-refractivity contribution in [2.75, 3.05) is 5.75 Å². The van der Waals surface area contributed by atoms with Crippen LogP contribution in [0.3, 0.4) is 0 Å². The third-order valence-corrected chi connectivity index (χ3v) is 3.96. The molecule has 5 nitrogen and oxygen atoms in total. The van der Waals surface area contributed by atoms with Crippen LogP contribution in [0.25, 0.3) is 0 Å². The molecule has 1 rings (SSSR count). The summed E-state index contributed by atoms with van der Waals surface area (Å²) in [5, 5.41) is 18.2. The number of nitrogens with two attached hydrogens (primary N) is 1. The van der Waals surface area contributed by atoms with Crippen molar-refractivity contribution >= 4 is 11.8 Å². The van der Waals surface area contributed by atoms with Gasteiger partial charge in [-0.25, -0.2) is 0 Å². The van der Waals surface area contributed by atoms with Gasteiger partial charge in [-0.2, -0.15) is 5.26 Å². The van der Waals surface area contributed by atoms with Crippen molar-refractivity contribution in [3.63, 3.8) is 0 Å². The maximum absolute atomic E-state index is 8.96. The van der Waals surface area contributed by atoms with Gasteiger partial charge in [-0.05, 0) is 33.1 Å². The van der Waals surface area contributed by atoms with Gasteiger partial charge in [-0.1, -0.05) is 18.7 Å². The van der Waals surface area contributed by atoms with E-state index in [2.05, 4.69) is 27.8 Å². The molecular formula is C13H23N5S. The maximum Gasteiger partial charge on any atom is 0.191 e. The predicted molar refractivity (Wildman–Crippen MR) is 77.6 cm³/mol. The second-order valence-corrected chi connectivity index (χ2v) is 6.26. The highest BCUT2D eigenvalue weighted by Gasteiger charge is 2.16. The minimum absolute atomic E-state index is 0.236. The van der Waals surface area contributed by atoms with E-state index in [0.29, 0.717) is 6.54 Å². The number of hydrogen-bond donors (Lipinski definition) is 1. The first kappa shape index (κ1) is 16.0. The van der Waals surface area contributed by atoms with Gasteiger partial charge in [-0.3, -0.25) is 0 Å². The third kappa shape index (κ3) is 4.84. The lowest BCUT2D eigenvalue weighted by Crippen LogP contribution is -2.10. The minimum Gasteiger partial charge on any atom is -0.324 e. The van der Waals surface area contributed by atoms with Crippen molar-refractivity contribution in [3.8, 4) is 6.07 Å². The Labute approximate surface area is 119 Å². The minimum atomic E-state index is -0.236. The molecule has 0 saturated heterocycles. The fourth-order valence-electron chi connectivity index (χ4n) is 1.76. The fourth-order valence-corrected chi connectivity index (χ4v) is 2.68. The molecule has 0 unspecified atom stereocenters. The lowest BCUT2D eigenvalue weighted by atomic mass is 9.90. The topological polar surface area (TPSA) is 80.5 Å². The Morgan fingerprint density at radius 1 is 1.42 bits per heavy atom. The van der Waals surface area contributed by atoms with Crippen LogP contribution in [0.2, 0.25) is 0 Å². The molecule has 0 aliphatic rings. The number of thioether (sulfide) groups is 1. The van der Waals surface area contributed by atoms with Gasteiger partial charge in [0.1, 0.15) is 5.82 Å². The van der Waals surface area contributed by atoms with Crippen LogP contribution in [-0.2, 0) is 13.1 Å². The highest BCUT2D eigenvalue weighted by atomic mass is 32.2. The molecule has 0 aliphatic carbocycles. The Morgan fingerprint density at radius 3 is 2.74 bits per heavy atom. The zero-order chi connectivity index (χ0) is 14.3. The first-order valence-electron chi connectivity index (χ1n) is 6.70. The van der Waals surface area contributed by atoms with Crippen LogP contribution in [0.15, 0.2) is 5.16 Å². The Bertz CT molecular complexity index is 433. The average Bonchev–Trinajstić information content (AvgIpc) is 2.78. The van der Waals surface area contributed by atoms with Crippen LogP contribution in [0.4, 0.5) is 0 Å². The molecule has 0 bridgehead atoms. The molecule has 0 atom stereocenters. The van der Waals surface area contributed by atoms with Crippen LogP contribution >= 0.6 is 11.8 Å². The highest BCUT2D eigenvalue weighted by Crippen LogP contribution is 2.24. The zero-order valence-electron chi connectivity index (χ0n) is 12.0. The monoisotopic (exact) mass is 281 g/mol. The quantitative estimate of drug-likeness (QED) is 0.585. The van der Waals surface area contributed by atoms with Crippen molar-refractivity contribution < 1.29 is 0 Å². The van der Waals surface area contributed by atoms with Crippen molar-refractivity contribution in [2.24, 2.45) is 11.1 Å². The molecule has 1 aromatic rings. The molecule has 2 N–H and O–H groups in total. The molecule has 0 spiro atoms. The van der Waals surface area contributed by atoms with Gasteiger partial charge in [0.15, 0.2) is 5.16 Å². The molecule has 0 saturated carbocycles. The summed E-state index contributed by atoms with van der Waals surface area (Å²) >= 11 is 1.70. The normalized spacial score (nSPS) is 11.5. The number of aromatic nitrogens is 3. The molecule has 1 heterocycles. The smallest absolute Gasteiger partial charge is 0.191 e. The fraction of sp³-hybridized carbons (Fsp3) is 0.769. The van der Waals surface area contributed by atoms with Crippen molar-refractivity contribution in [3.05, 3.63) is 5.82 Å². The Morgan fingerprint density at radius 2 is 2.16 bits per heavy atom. The van der Waals surface area contributed by atoms with Gasteiger partial charge in [-0.15, -0.1) is 10.2 Å². The highest BCUT2D eigenvalue weighted by molar-refractivity contribution is 7.99. The van der Waals surface area contributed by atoms with Crippen LogP contribution in [-0.4, -0.2) is 20.5 Å². The first-order valence-corrected chi connectivity index (χ1v) is 7.69. The van der Waals surface area contributed by atoms with Crippen LogP contribution < -0.4 is 5.73 Å². The van der Waals surface area contributed by atoms with Crippen molar-refractivity contribution in [2.45, 2.75) is 58.3 Å². The summed E-state index contributed by atoms with van der Waals surface area (Å²) < 4.78 is 2.10. The molecule has 0 aromatic carbocycles. The SMILES string of the molecule is CCCn1c(CN)nnc1SCCCC(C)(C)C#N. The van der Waals surface area contributed by atoms with E-state index < -0.39 is 0 Å². The van der Waals surface area contributed by atoms with Crippen LogP contribution in [0, 0.1) is 16.7 Å². The van der Waals surface area contributed by atoms with E-state index in [1.54, 1.807) is 11.8 Å². The van der Waals surface area contributed by atoms with Gasteiger partial charge in [0.05, 0.1) is 18.0 Å². The summed E-state index contributed by atoms with van der Waals surface area (Å²) in [6.45, 7) is 7.41. The molecule has 0 amide bonds. The van der Waals surface area contributed by atoms with E-state index in [1.165, 1.54) is 0 Å². The number of nitrogens with zero attached hydrogens (tertiary/aromatic N) is 4. The van der Waals surface area contributed by atoms with Crippen LogP contribution in [0.5, 0.6) is 0 Å². The number of hydrogen-bond acceptors (Lipinski definition) is 5. The molecule has 0 radical (unpaired) electrons. The van der Waals surface area contributed by atoms with E-state index >= 15 is 0 Å². The first-order chi connectivity index (χ1) is 9.04. The standard InChI is InChI=1S/C13H23N5S/c1-4-7-18-11(9-14)16-17-12(18)19-8-5-6-13(2,3)10-15/h4-9,14H2,1-3H3. The van der Waals surface area contributed by atoms with E-state index in [-0.39, 0.29) is 5.41 Å². The van der Waals surface area contributed by atoms with E-state index in [4.69, 9.17) is 11.0 Å². The van der Waals surface area contributed by atoms with Gasteiger partial charge in [0.25, 0.3) is 0 Å². The molecule has 1 aromatic heterocycles. The van der Waals surface area contributed by atoms with E-state index in [9.17, 15) is 0 Å². The number of rotatable bonds is 8. The Kier molecular flexibility index (Phi) is 6.32. The summed E-state index contributed by atoms with van der Waals surface area (Å²) in [6.07, 6.45) is 2.95. The molecular weight excluding hydrogens is 258 g/mol. The molecule has 0 aliphatic heterocycles. The maximum atomic E-state index is 8.96. The average molecular weight is 281 g/mol. The largest absolute Gasteiger partial charge is 0.324 e. The zero-order valence-corrected chi connectivity index (χ0v) is 12.8.